The molecule has 3 aromatic rings. The number of ketones is 2. The van der Waals surface area contributed by atoms with Gasteiger partial charge in [0.25, 0.3) is 5.69 Å². The van der Waals surface area contributed by atoms with Crippen molar-refractivity contribution in [1.29, 1.82) is 0 Å². The highest BCUT2D eigenvalue weighted by molar-refractivity contribution is 6.31. The maximum Gasteiger partial charge on any atom is 0.270 e. The second-order valence-electron chi connectivity index (χ2n) is 9.49. The molecule has 3 aliphatic rings. The van der Waals surface area contributed by atoms with Gasteiger partial charge in [-0.3, -0.25) is 24.5 Å². The Kier molecular flexibility index (Phi) is 5.07. The molecule has 0 aromatic heterocycles. The lowest BCUT2D eigenvalue weighted by Gasteiger charge is -2.37. The Morgan fingerprint density at radius 2 is 1.86 bits per heavy atom. The number of nitro benzene ring substituents is 1. The molecule has 6 rings (SSSR count). The van der Waals surface area contributed by atoms with Gasteiger partial charge in [-0.05, 0) is 42.3 Å². The van der Waals surface area contributed by atoms with E-state index in [9.17, 15) is 24.5 Å². The molecule has 184 valence electrons. The van der Waals surface area contributed by atoms with Crippen LogP contribution in [0.15, 0.2) is 72.8 Å². The van der Waals surface area contributed by atoms with E-state index < -0.39 is 40.0 Å². The van der Waals surface area contributed by atoms with E-state index in [0.29, 0.717) is 22.0 Å². The van der Waals surface area contributed by atoms with E-state index in [1.165, 1.54) is 31.2 Å². The van der Waals surface area contributed by atoms with Gasteiger partial charge < -0.3 is 10.2 Å². The molecule has 8 nitrogen and oxygen atoms in total. The highest BCUT2D eigenvalue weighted by Gasteiger charge is 2.69. The van der Waals surface area contributed by atoms with Crippen LogP contribution < -0.4 is 10.2 Å². The Bertz CT molecular complexity index is 1570. The number of halogens is 1. The lowest BCUT2D eigenvalue weighted by Crippen LogP contribution is -2.51. The van der Waals surface area contributed by atoms with Crippen LogP contribution in [0.4, 0.5) is 17.1 Å². The topological polar surface area (TPSA) is 110 Å². The summed E-state index contributed by atoms with van der Waals surface area (Å²) in [6, 6.07) is 16.2. The molecule has 0 aliphatic carbocycles. The van der Waals surface area contributed by atoms with Crippen LogP contribution in [0, 0.1) is 16.0 Å². The first-order valence-corrected chi connectivity index (χ1v) is 12.1. The summed E-state index contributed by atoms with van der Waals surface area (Å²) in [5.74, 6) is -2.33. The number of carbonyl (C=O) groups excluding carboxylic acids is 3. The highest BCUT2D eigenvalue weighted by atomic mass is 35.5. The van der Waals surface area contributed by atoms with Crippen molar-refractivity contribution in [3.05, 3.63) is 105 Å². The van der Waals surface area contributed by atoms with Crippen molar-refractivity contribution in [3.8, 4) is 0 Å². The van der Waals surface area contributed by atoms with Crippen LogP contribution >= 0.6 is 11.6 Å². The fraction of sp³-hybridized carbons (Fsp3) is 0.179. The summed E-state index contributed by atoms with van der Waals surface area (Å²) in [5.41, 5.74) is 1.02. The molecule has 1 amide bonds. The van der Waals surface area contributed by atoms with Gasteiger partial charge in [-0.1, -0.05) is 54.1 Å². The second-order valence-corrected chi connectivity index (χ2v) is 9.92. The minimum atomic E-state index is -1.44. The van der Waals surface area contributed by atoms with Gasteiger partial charge in [0, 0.05) is 34.1 Å². The van der Waals surface area contributed by atoms with Gasteiger partial charge in [-0.2, -0.15) is 0 Å². The molecule has 9 heteroatoms. The van der Waals surface area contributed by atoms with Gasteiger partial charge in [0.05, 0.1) is 22.9 Å². The first-order valence-electron chi connectivity index (χ1n) is 11.7. The molecule has 3 aliphatic heterocycles. The highest BCUT2D eigenvalue weighted by Crippen LogP contribution is 2.57. The van der Waals surface area contributed by atoms with Gasteiger partial charge in [-0.25, -0.2) is 0 Å². The monoisotopic (exact) mass is 513 g/mol. The Labute approximate surface area is 216 Å². The second kappa shape index (κ2) is 8.11. The fourth-order valence-corrected chi connectivity index (χ4v) is 6.44. The molecule has 0 bridgehead atoms. The normalized spacial score (nSPS) is 24.9. The molecule has 1 spiro atoms. The average molecular weight is 514 g/mol. The van der Waals surface area contributed by atoms with Crippen LogP contribution in [0.5, 0.6) is 0 Å². The molecular weight excluding hydrogens is 494 g/mol. The molecule has 37 heavy (non-hydrogen) atoms. The number of rotatable bonds is 4. The van der Waals surface area contributed by atoms with Crippen LogP contribution in [0.1, 0.15) is 28.4 Å². The van der Waals surface area contributed by atoms with Crippen LogP contribution in [0.2, 0.25) is 5.02 Å². The van der Waals surface area contributed by atoms with Crippen LogP contribution in [-0.2, 0) is 15.0 Å². The number of nitrogens with one attached hydrogen (secondary N) is 1. The number of fused-ring (bicyclic) bond motifs is 6. The SMILES string of the molecule is CC(=O)[C@H]1[C@H](C(=O)c2cccc([N+](=O)[O-])c2)[C@]2(C(=O)Nc3ccccc32)[C@H]2C=Cc3cc(Cl)ccc3N12. The van der Waals surface area contributed by atoms with Crippen molar-refractivity contribution < 1.29 is 19.3 Å². The first-order chi connectivity index (χ1) is 17.7. The zero-order valence-electron chi connectivity index (χ0n) is 19.6. The summed E-state index contributed by atoms with van der Waals surface area (Å²) in [6.45, 7) is 1.40. The van der Waals surface area contributed by atoms with Crippen molar-refractivity contribution >= 4 is 52.2 Å². The largest absolute Gasteiger partial charge is 0.352 e. The number of nitro groups is 1. The number of hydrogen-bond donors (Lipinski definition) is 1. The van der Waals surface area contributed by atoms with E-state index in [-0.39, 0.29) is 17.0 Å². The Hall–Kier alpha value is -4.30. The molecule has 4 atom stereocenters. The Morgan fingerprint density at radius 3 is 2.62 bits per heavy atom. The summed E-state index contributed by atoms with van der Waals surface area (Å²) in [7, 11) is 0. The summed E-state index contributed by atoms with van der Waals surface area (Å²) in [4.78, 5) is 54.4. The lowest BCUT2D eigenvalue weighted by atomic mass is 9.64. The van der Waals surface area contributed by atoms with E-state index in [1.807, 2.05) is 17.1 Å². The quantitative estimate of drug-likeness (QED) is 0.304. The van der Waals surface area contributed by atoms with Gasteiger partial charge in [-0.15, -0.1) is 0 Å². The molecule has 3 aromatic carbocycles. The van der Waals surface area contributed by atoms with E-state index in [4.69, 9.17) is 11.6 Å². The number of anilines is 2. The van der Waals surface area contributed by atoms with E-state index in [0.717, 1.165) is 5.56 Å². The smallest absolute Gasteiger partial charge is 0.270 e. The summed E-state index contributed by atoms with van der Waals surface area (Å²) < 4.78 is 0. The minimum Gasteiger partial charge on any atom is -0.352 e. The Morgan fingerprint density at radius 1 is 1.08 bits per heavy atom. The maximum absolute atomic E-state index is 14.3. The minimum absolute atomic E-state index is 0.0714. The van der Waals surface area contributed by atoms with Crippen LogP contribution in [0.25, 0.3) is 6.08 Å². The molecule has 0 unspecified atom stereocenters. The number of Topliss-reactive ketones (excluding diaryl/α,β-unsaturated/α-hetero) is 2. The number of hydrogen-bond acceptors (Lipinski definition) is 6. The predicted octanol–water partition coefficient (Wildman–Crippen LogP) is 4.81. The first kappa shape index (κ1) is 23.1. The average Bonchev–Trinajstić information content (AvgIpc) is 3.36. The van der Waals surface area contributed by atoms with Gasteiger partial charge in [0.1, 0.15) is 5.41 Å². The number of amides is 1. The number of nitrogens with zero attached hydrogens (tertiary/aromatic N) is 2. The molecule has 1 fully saturated rings. The Balaban J connectivity index is 1.64. The van der Waals surface area contributed by atoms with Gasteiger partial charge in [0.15, 0.2) is 11.6 Å². The predicted molar refractivity (Wildman–Crippen MR) is 139 cm³/mol. The molecular formula is C28H20ClN3O5. The van der Waals surface area contributed by atoms with Crippen LogP contribution in [-0.4, -0.2) is 34.5 Å². The van der Waals surface area contributed by atoms with E-state index in [1.54, 1.807) is 42.5 Å². The summed E-state index contributed by atoms with van der Waals surface area (Å²) in [5, 5.41) is 14.9. The fourth-order valence-electron chi connectivity index (χ4n) is 6.26. The molecule has 0 saturated carbocycles. The number of para-hydroxylation sites is 1. The third kappa shape index (κ3) is 3.12. The summed E-state index contributed by atoms with van der Waals surface area (Å²) >= 11 is 6.24. The summed E-state index contributed by atoms with van der Waals surface area (Å²) in [6.07, 6.45) is 3.70. The number of benzene rings is 3. The van der Waals surface area contributed by atoms with Gasteiger partial charge >= 0.3 is 0 Å². The zero-order chi connectivity index (χ0) is 26.1. The van der Waals surface area contributed by atoms with Crippen molar-refractivity contribution in [2.24, 2.45) is 5.92 Å². The zero-order valence-corrected chi connectivity index (χ0v) is 20.3. The van der Waals surface area contributed by atoms with E-state index >= 15 is 0 Å². The number of carbonyl (C=O) groups is 3. The lowest BCUT2D eigenvalue weighted by molar-refractivity contribution is -0.384. The van der Waals surface area contributed by atoms with Crippen molar-refractivity contribution in [2.45, 2.75) is 24.4 Å². The molecule has 1 saturated heterocycles. The third-order valence-electron chi connectivity index (χ3n) is 7.64. The maximum atomic E-state index is 14.3. The molecule has 0 radical (unpaired) electrons. The molecule has 3 heterocycles. The number of non-ortho nitro benzene ring substituents is 1. The molecule has 1 N–H and O–H groups in total. The van der Waals surface area contributed by atoms with Gasteiger partial charge in [0.2, 0.25) is 5.91 Å². The van der Waals surface area contributed by atoms with Crippen molar-refractivity contribution in [2.75, 3.05) is 10.2 Å². The van der Waals surface area contributed by atoms with Crippen molar-refractivity contribution in [3.63, 3.8) is 0 Å². The third-order valence-corrected chi connectivity index (χ3v) is 7.87. The van der Waals surface area contributed by atoms with E-state index in [2.05, 4.69) is 5.32 Å². The van der Waals surface area contributed by atoms with Crippen LogP contribution in [0.3, 0.4) is 0 Å². The standard InChI is InChI=1S/C28H20ClN3O5/c1-15(33)25-24(26(34)17-5-4-6-19(14-17)32(36)37)28(20-7-2-3-8-21(20)30-27(28)35)23-12-9-16-13-18(29)10-11-22(16)31(23)25/h2-14,23-25H,1H3,(H,30,35)/t23-,24-,25+,28-/m1/s1. The van der Waals surface area contributed by atoms with Crippen molar-refractivity contribution in [1.82, 2.24) is 0 Å².